The molecule has 0 saturated carbocycles. The Morgan fingerprint density at radius 3 is 2.46 bits per heavy atom. The number of benzene rings is 3. The van der Waals surface area contributed by atoms with Crippen LogP contribution in [0.3, 0.4) is 0 Å². The van der Waals surface area contributed by atoms with E-state index in [2.05, 4.69) is 0 Å². The molecule has 10 heteroatoms. The van der Waals surface area contributed by atoms with E-state index < -0.39 is 40.6 Å². The van der Waals surface area contributed by atoms with Crippen molar-refractivity contribution in [1.82, 2.24) is 0 Å². The number of hydrogen-bond acceptors (Lipinski definition) is 6. The molecule has 2 amide bonds. The van der Waals surface area contributed by atoms with Crippen LogP contribution in [0, 0.1) is 35.7 Å². The van der Waals surface area contributed by atoms with Crippen molar-refractivity contribution in [3.05, 3.63) is 98.3 Å². The zero-order valence-electron chi connectivity index (χ0n) is 18.6. The summed E-state index contributed by atoms with van der Waals surface area (Å²) in [7, 11) is 0. The molecule has 8 nitrogen and oxygen atoms in total. The summed E-state index contributed by atoms with van der Waals surface area (Å²) < 4.78 is 15.1. The Kier molecular flexibility index (Phi) is 5.53. The number of carbonyl (C=O) groups is 2. The maximum absolute atomic E-state index is 15.1. The largest absolute Gasteiger partial charge is 0.273 e. The number of hydroxylamine groups is 1. The second-order valence-corrected chi connectivity index (χ2v) is 8.94. The molecular weight excluding hydrogens is 477 g/mol. The van der Waals surface area contributed by atoms with Gasteiger partial charge in [-0.05, 0) is 43.7 Å². The van der Waals surface area contributed by atoms with Crippen LogP contribution >= 0.6 is 11.6 Å². The highest BCUT2D eigenvalue weighted by atomic mass is 35.5. The van der Waals surface area contributed by atoms with E-state index >= 15 is 4.39 Å². The van der Waals surface area contributed by atoms with Gasteiger partial charge in [-0.3, -0.25) is 24.5 Å². The van der Waals surface area contributed by atoms with Gasteiger partial charge in [0, 0.05) is 22.7 Å². The van der Waals surface area contributed by atoms with Crippen molar-refractivity contribution in [2.75, 3.05) is 9.96 Å². The summed E-state index contributed by atoms with van der Waals surface area (Å²) in [5, 5.41) is 12.6. The average Bonchev–Trinajstić information content (AvgIpc) is 3.30. The molecule has 3 aromatic carbocycles. The van der Waals surface area contributed by atoms with Crippen molar-refractivity contribution in [1.29, 1.82) is 0 Å². The number of halogens is 2. The smallest absolute Gasteiger partial charge is 0.271 e. The Hall–Kier alpha value is -3.82. The van der Waals surface area contributed by atoms with E-state index in [9.17, 15) is 19.7 Å². The van der Waals surface area contributed by atoms with E-state index in [0.29, 0.717) is 5.69 Å². The van der Waals surface area contributed by atoms with E-state index in [-0.39, 0.29) is 22.0 Å². The highest BCUT2D eigenvalue weighted by molar-refractivity contribution is 6.31. The van der Waals surface area contributed by atoms with Crippen LogP contribution in [0.4, 0.5) is 21.5 Å². The van der Waals surface area contributed by atoms with Crippen molar-refractivity contribution in [3.8, 4) is 0 Å². The lowest BCUT2D eigenvalue weighted by Crippen LogP contribution is -2.38. The topological polar surface area (TPSA) is 93.0 Å². The average molecular weight is 496 g/mol. The molecule has 0 radical (unpaired) electrons. The number of nitrogens with zero attached hydrogens (tertiary/aromatic N) is 3. The van der Waals surface area contributed by atoms with Gasteiger partial charge in [-0.25, -0.2) is 14.4 Å². The predicted octanol–water partition coefficient (Wildman–Crippen LogP) is 5.06. The Morgan fingerprint density at radius 2 is 1.77 bits per heavy atom. The van der Waals surface area contributed by atoms with Gasteiger partial charge in [0.1, 0.15) is 17.8 Å². The van der Waals surface area contributed by atoms with E-state index in [1.54, 1.807) is 19.1 Å². The first-order valence-corrected chi connectivity index (χ1v) is 11.2. The molecule has 2 saturated heterocycles. The van der Waals surface area contributed by atoms with Gasteiger partial charge >= 0.3 is 0 Å². The van der Waals surface area contributed by atoms with Gasteiger partial charge in [0.15, 0.2) is 6.10 Å². The number of nitro benzene ring substituents is 1. The summed E-state index contributed by atoms with van der Waals surface area (Å²) in [5.41, 5.74) is 2.05. The first-order chi connectivity index (χ1) is 16.7. The summed E-state index contributed by atoms with van der Waals surface area (Å²) in [6.07, 6.45) is -1.26. The fraction of sp³-hybridized carbons (Fsp3) is 0.200. The first-order valence-electron chi connectivity index (χ1n) is 10.8. The molecule has 3 aromatic rings. The van der Waals surface area contributed by atoms with Crippen LogP contribution < -0.4 is 9.96 Å². The summed E-state index contributed by atoms with van der Waals surface area (Å²) in [6.45, 7) is 3.69. The molecule has 2 heterocycles. The number of hydrogen-bond donors (Lipinski definition) is 0. The molecule has 35 heavy (non-hydrogen) atoms. The van der Waals surface area contributed by atoms with Crippen molar-refractivity contribution in [3.63, 3.8) is 0 Å². The molecule has 178 valence electrons. The molecular formula is C25H19ClFN3O5. The zero-order valence-corrected chi connectivity index (χ0v) is 19.4. The molecule has 0 spiro atoms. The van der Waals surface area contributed by atoms with Crippen molar-refractivity contribution >= 4 is 40.5 Å². The van der Waals surface area contributed by atoms with Gasteiger partial charge in [-0.2, -0.15) is 0 Å². The Balaban J connectivity index is 1.65. The lowest BCUT2D eigenvalue weighted by atomic mass is 9.90. The van der Waals surface area contributed by atoms with Crippen LogP contribution in [-0.4, -0.2) is 22.8 Å². The van der Waals surface area contributed by atoms with Crippen LogP contribution in [0.2, 0.25) is 5.02 Å². The van der Waals surface area contributed by atoms with Crippen molar-refractivity contribution in [2.24, 2.45) is 5.92 Å². The van der Waals surface area contributed by atoms with Gasteiger partial charge in [-0.15, -0.1) is 0 Å². The van der Waals surface area contributed by atoms with Gasteiger partial charge in [0.25, 0.3) is 11.6 Å². The fourth-order valence-electron chi connectivity index (χ4n) is 4.76. The number of aryl methyl sites for hydroxylation is 2. The predicted molar refractivity (Wildman–Crippen MR) is 126 cm³/mol. The number of rotatable bonds is 4. The summed E-state index contributed by atoms with van der Waals surface area (Å²) in [5.74, 6) is -2.98. The number of non-ortho nitro benzene ring substituents is 1. The maximum Gasteiger partial charge on any atom is 0.271 e. The second kappa shape index (κ2) is 8.44. The molecule has 2 fully saturated rings. The minimum absolute atomic E-state index is 0.0307. The van der Waals surface area contributed by atoms with Crippen LogP contribution in [0.15, 0.2) is 60.7 Å². The minimum atomic E-state index is -1.26. The molecule has 0 N–H and O–H groups in total. The van der Waals surface area contributed by atoms with E-state index in [4.69, 9.17) is 16.4 Å². The number of nitro groups is 1. The van der Waals surface area contributed by atoms with E-state index in [1.165, 1.54) is 47.5 Å². The summed E-state index contributed by atoms with van der Waals surface area (Å²) in [4.78, 5) is 44.9. The third kappa shape index (κ3) is 3.64. The molecule has 2 aliphatic heterocycles. The Labute approximate surface area is 204 Å². The van der Waals surface area contributed by atoms with Crippen LogP contribution in [0.5, 0.6) is 0 Å². The fourth-order valence-corrected chi connectivity index (χ4v) is 5.04. The first kappa shape index (κ1) is 22.9. The van der Waals surface area contributed by atoms with Gasteiger partial charge in [0.05, 0.1) is 16.3 Å². The molecule has 0 unspecified atom stereocenters. The van der Waals surface area contributed by atoms with Crippen LogP contribution in [0.25, 0.3) is 0 Å². The lowest BCUT2D eigenvalue weighted by molar-refractivity contribution is -0.384. The standard InChI is InChI=1S/C25H19ClFN3O5/c1-13-9-10-19(14(2)11-13)28-24(31)21-22(20-17(26)7-4-8-18(20)27)29(35-23(21)25(28)32)15-5-3-6-16(12-15)30(33)34/h3-12,21-23H,1-2H3/t21-,22-,23-/m0/s1. The van der Waals surface area contributed by atoms with Crippen molar-refractivity contribution < 1.29 is 23.7 Å². The third-order valence-corrected chi connectivity index (χ3v) is 6.63. The third-order valence-electron chi connectivity index (χ3n) is 6.30. The molecule has 2 aliphatic rings. The number of imide groups is 1. The maximum atomic E-state index is 15.1. The SMILES string of the molecule is Cc1ccc(N2C(=O)[C@@H]3[C@H](ON(c4cccc([N+](=O)[O-])c4)[C@H]3c3c(F)cccc3Cl)C2=O)c(C)c1. The van der Waals surface area contributed by atoms with Crippen LogP contribution in [-0.2, 0) is 14.4 Å². The number of carbonyl (C=O) groups excluding carboxylic acids is 2. The minimum Gasteiger partial charge on any atom is -0.273 e. The molecule has 0 aromatic heterocycles. The van der Waals surface area contributed by atoms with E-state index in [1.807, 2.05) is 13.0 Å². The highest BCUT2D eigenvalue weighted by Gasteiger charge is 2.61. The summed E-state index contributed by atoms with van der Waals surface area (Å²) >= 11 is 6.37. The number of fused-ring (bicyclic) bond motifs is 1. The quantitative estimate of drug-likeness (QED) is 0.285. The highest BCUT2D eigenvalue weighted by Crippen LogP contribution is 2.50. The van der Waals surface area contributed by atoms with E-state index in [0.717, 1.165) is 16.0 Å². The molecule has 3 atom stereocenters. The monoisotopic (exact) mass is 495 g/mol. The number of anilines is 2. The van der Waals surface area contributed by atoms with Gasteiger partial charge in [-0.1, -0.05) is 41.4 Å². The normalized spacial score (nSPS) is 21.5. The molecule has 0 aliphatic carbocycles. The number of amides is 2. The zero-order chi connectivity index (χ0) is 25.0. The second-order valence-electron chi connectivity index (χ2n) is 8.54. The lowest BCUT2D eigenvalue weighted by Gasteiger charge is -2.29. The summed E-state index contributed by atoms with van der Waals surface area (Å²) in [6, 6.07) is 13.8. The molecule has 0 bridgehead atoms. The van der Waals surface area contributed by atoms with Gasteiger partial charge in [0.2, 0.25) is 5.91 Å². The Bertz CT molecular complexity index is 1380. The van der Waals surface area contributed by atoms with Crippen LogP contribution in [0.1, 0.15) is 22.7 Å². The van der Waals surface area contributed by atoms with Gasteiger partial charge < -0.3 is 0 Å². The molecule has 5 rings (SSSR count). The Morgan fingerprint density at radius 1 is 1.03 bits per heavy atom. The van der Waals surface area contributed by atoms with Crippen molar-refractivity contribution in [2.45, 2.75) is 26.0 Å².